The molecule has 3 aromatic rings. The van der Waals surface area contributed by atoms with Gasteiger partial charge in [-0.15, -0.1) is 0 Å². The summed E-state index contributed by atoms with van der Waals surface area (Å²) in [5, 5.41) is 3.13. The molecule has 1 N–H and O–H groups in total. The second kappa shape index (κ2) is 12.1. The molecule has 1 aromatic heterocycles. The molecule has 42 heavy (non-hydrogen) atoms. The van der Waals surface area contributed by atoms with Gasteiger partial charge in [0.15, 0.2) is 0 Å². The van der Waals surface area contributed by atoms with Crippen molar-refractivity contribution in [2.24, 2.45) is 0 Å². The Morgan fingerprint density at radius 2 is 1.71 bits per heavy atom. The Kier molecular flexibility index (Phi) is 8.13. The van der Waals surface area contributed by atoms with Crippen molar-refractivity contribution in [1.29, 1.82) is 0 Å². The van der Waals surface area contributed by atoms with E-state index in [0.717, 1.165) is 42.1 Å². The fourth-order valence-electron chi connectivity index (χ4n) is 6.56. The van der Waals surface area contributed by atoms with E-state index in [-0.39, 0.29) is 17.7 Å². The number of rotatable bonds is 7. The molecule has 2 aromatic carbocycles. The summed E-state index contributed by atoms with van der Waals surface area (Å²) in [7, 11) is 1.70. The summed E-state index contributed by atoms with van der Waals surface area (Å²) in [5.74, 6) is -0.170. The molecule has 2 unspecified atom stereocenters. The van der Waals surface area contributed by atoms with Gasteiger partial charge in [0.1, 0.15) is 5.69 Å². The molecule has 0 saturated carbocycles. The summed E-state index contributed by atoms with van der Waals surface area (Å²) in [5.41, 5.74) is 4.48. The molecule has 1 fully saturated rings. The van der Waals surface area contributed by atoms with E-state index in [4.69, 9.17) is 4.74 Å². The van der Waals surface area contributed by atoms with Crippen molar-refractivity contribution in [3.63, 3.8) is 0 Å². The molecule has 1 aliphatic carbocycles. The third-order valence-electron chi connectivity index (χ3n) is 9.02. The Morgan fingerprint density at radius 3 is 2.50 bits per heavy atom. The van der Waals surface area contributed by atoms with Crippen LogP contribution in [-0.2, 0) is 22.6 Å². The predicted molar refractivity (Wildman–Crippen MR) is 166 cm³/mol. The van der Waals surface area contributed by atoms with Gasteiger partial charge in [0.2, 0.25) is 0 Å². The minimum atomic E-state index is -0.674. The molecular weight excluding hydrogens is 524 g/mol. The van der Waals surface area contributed by atoms with Crippen LogP contribution in [0, 0.1) is 0 Å². The first-order chi connectivity index (χ1) is 20.5. The highest BCUT2D eigenvalue weighted by Gasteiger charge is 2.37. The van der Waals surface area contributed by atoms with E-state index in [1.807, 2.05) is 78.6 Å². The number of anilines is 1. The average Bonchev–Trinajstić information content (AvgIpc) is 3.34. The Bertz CT molecular complexity index is 1500. The summed E-state index contributed by atoms with van der Waals surface area (Å²) in [6.07, 6.45) is 9.73. The highest BCUT2D eigenvalue weighted by molar-refractivity contribution is 6.08. The number of para-hydroxylation sites is 1. The standard InChI is InChI=1S/C35H40N4O3/c1-35(42-2)23-27(15-17-30(35)26-11-5-3-6-12-26)34(41)39-25-29-16-18-32(38(29)24-28-13-7-8-14-31(28)39)33(40)36-19-22-37-20-9-4-10-21-37/h3,5-8,11-18,23,30H,4,9-10,19-22,24-25H2,1-2H3,(H,36,40). The smallest absolute Gasteiger partial charge is 0.267 e. The van der Waals surface area contributed by atoms with Gasteiger partial charge in [0, 0.05) is 43.1 Å². The molecular formula is C35H40N4O3. The van der Waals surface area contributed by atoms with Crippen molar-refractivity contribution >= 4 is 17.5 Å². The van der Waals surface area contributed by atoms with Gasteiger partial charge >= 0.3 is 0 Å². The lowest BCUT2D eigenvalue weighted by atomic mass is 9.78. The largest absolute Gasteiger partial charge is 0.373 e. The van der Waals surface area contributed by atoms with Crippen LogP contribution in [0.3, 0.4) is 0 Å². The van der Waals surface area contributed by atoms with Gasteiger partial charge in [-0.05, 0) is 68.3 Å². The molecule has 0 radical (unpaired) electrons. The molecule has 2 amide bonds. The fourth-order valence-corrected chi connectivity index (χ4v) is 6.56. The molecule has 3 heterocycles. The quantitative estimate of drug-likeness (QED) is 0.424. The van der Waals surface area contributed by atoms with E-state index in [1.165, 1.54) is 19.3 Å². The Morgan fingerprint density at radius 1 is 0.952 bits per heavy atom. The van der Waals surface area contributed by atoms with Gasteiger partial charge in [-0.25, -0.2) is 0 Å². The number of hydrogen-bond donors (Lipinski definition) is 1. The van der Waals surface area contributed by atoms with Crippen molar-refractivity contribution in [1.82, 2.24) is 14.8 Å². The molecule has 1 saturated heterocycles. The summed E-state index contributed by atoms with van der Waals surface area (Å²) in [6.45, 7) is 6.64. The SMILES string of the molecule is COC1(C)C=C(C(=O)N2Cc3ccc(C(=O)NCCN4CCCCC4)n3Cc3ccccc32)C=CC1c1ccccc1. The van der Waals surface area contributed by atoms with Gasteiger partial charge in [-0.3, -0.25) is 9.59 Å². The topological polar surface area (TPSA) is 66.8 Å². The maximum atomic E-state index is 14.2. The first-order valence-electron chi connectivity index (χ1n) is 15.1. The Hall–Kier alpha value is -3.94. The zero-order chi connectivity index (χ0) is 29.1. The average molecular weight is 565 g/mol. The predicted octanol–water partition coefficient (Wildman–Crippen LogP) is 5.28. The number of carbonyl (C=O) groups is 2. The molecule has 7 heteroatoms. The number of piperidine rings is 1. The van der Waals surface area contributed by atoms with E-state index in [2.05, 4.69) is 33.0 Å². The van der Waals surface area contributed by atoms with Gasteiger partial charge in [-0.2, -0.15) is 0 Å². The Labute approximate surface area is 248 Å². The van der Waals surface area contributed by atoms with Crippen molar-refractivity contribution in [3.05, 3.63) is 113 Å². The van der Waals surface area contributed by atoms with Crippen LogP contribution in [0.25, 0.3) is 0 Å². The van der Waals surface area contributed by atoms with Crippen LogP contribution in [-0.4, -0.2) is 60.2 Å². The van der Waals surface area contributed by atoms with E-state index in [0.29, 0.717) is 30.9 Å². The zero-order valence-electron chi connectivity index (χ0n) is 24.6. The number of aromatic nitrogens is 1. The first kappa shape index (κ1) is 28.2. The van der Waals surface area contributed by atoms with E-state index in [1.54, 1.807) is 7.11 Å². The van der Waals surface area contributed by atoms with Crippen molar-refractivity contribution in [3.8, 4) is 0 Å². The molecule has 6 rings (SSSR count). The fraction of sp³-hybridized carbons (Fsp3) is 0.371. The lowest BCUT2D eigenvalue weighted by molar-refractivity contribution is -0.115. The van der Waals surface area contributed by atoms with E-state index >= 15 is 0 Å². The second-order valence-electron chi connectivity index (χ2n) is 11.7. The third-order valence-corrected chi connectivity index (χ3v) is 9.02. The highest BCUT2D eigenvalue weighted by Crippen LogP contribution is 2.39. The van der Waals surface area contributed by atoms with Crippen molar-refractivity contribution in [2.45, 2.75) is 50.8 Å². The molecule has 0 bridgehead atoms. The van der Waals surface area contributed by atoms with Gasteiger partial charge in [-0.1, -0.05) is 67.1 Å². The van der Waals surface area contributed by atoms with Crippen LogP contribution in [0.2, 0.25) is 0 Å². The monoisotopic (exact) mass is 564 g/mol. The molecule has 2 atom stereocenters. The maximum absolute atomic E-state index is 14.2. The number of carbonyl (C=O) groups excluding carboxylic acids is 2. The van der Waals surface area contributed by atoms with Crippen LogP contribution in [0.5, 0.6) is 0 Å². The summed E-state index contributed by atoms with van der Waals surface area (Å²) in [6, 6.07) is 22.1. The number of methoxy groups -OCH3 is 1. The summed E-state index contributed by atoms with van der Waals surface area (Å²) >= 11 is 0. The van der Waals surface area contributed by atoms with Crippen molar-refractivity contribution < 1.29 is 14.3 Å². The van der Waals surface area contributed by atoms with E-state index < -0.39 is 5.60 Å². The number of ether oxygens (including phenoxy) is 1. The summed E-state index contributed by atoms with van der Waals surface area (Å²) in [4.78, 5) is 31.8. The van der Waals surface area contributed by atoms with Crippen LogP contribution >= 0.6 is 0 Å². The molecule has 0 spiro atoms. The highest BCUT2D eigenvalue weighted by atomic mass is 16.5. The number of hydrogen-bond acceptors (Lipinski definition) is 4. The van der Waals surface area contributed by atoms with Crippen molar-refractivity contribution in [2.75, 3.05) is 38.2 Å². The van der Waals surface area contributed by atoms with Crippen LogP contribution < -0.4 is 10.2 Å². The number of nitrogens with one attached hydrogen (secondary N) is 1. The number of nitrogens with zero attached hydrogens (tertiary/aromatic N) is 3. The van der Waals surface area contributed by atoms with Crippen LogP contribution in [0.1, 0.15) is 59.4 Å². The minimum Gasteiger partial charge on any atom is -0.373 e. The number of amides is 2. The first-order valence-corrected chi connectivity index (χ1v) is 15.1. The number of benzene rings is 2. The van der Waals surface area contributed by atoms with Gasteiger partial charge in [0.05, 0.1) is 18.7 Å². The molecule has 2 aliphatic heterocycles. The molecule has 7 nitrogen and oxygen atoms in total. The third kappa shape index (κ3) is 5.59. The zero-order valence-corrected chi connectivity index (χ0v) is 24.6. The number of fused-ring (bicyclic) bond motifs is 2. The lowest BCUT2D eigenvalue weighted by Gasteiger charge is -2.36. The lowest BCUT2D eigenvalue weighted by Crippen LogP contribution is -2.38. The van der Waals surface area contributed by atoms with Gasteiger partial charge in [0.25, 0.3) is 11.8 Å². The van der Waals surface area contributed by atoms with Crippen LogP contribution in [0.4, 0.5) is 5.69 Å². The van der Waals surface area contributed by atoms with Gasteiger partial charge < -0.3 is 24.4 Å². The Balaban J connectivity index is 1.24. The molecule has 3 aliphatic rings. The van der Waals surface area contributed by atoms with Crippen LogP contribution in [0.15, 0.2) is 90.5 Å². The van der Waals surface area contributed by atoms with E-state index in [9.17, 15) is 9.59 Å². The second-order valence-corrected chi connectivity index (χ2v) is 11.7. The minimum absolute atomic E-state index is 0.00937. The maximum Gasteiger partial charge on any atom is 0.267 e. The molecule has 218 valence electrons. The summed E-state index contributed by atoms with van der Waals surface area (Å²) < 4.78 is 8.07. The normalized spacial score (nSPS) is 22.1. The number of likely N-dealkylation sites (tertiary alicyclic amines) is 1.